The molecule has 0 bridgehead atoms. The minimum Gasteiger partial charge on any atom is -0.360 e. The topological polar surface area (TPSA) is 41.3 Å². The SMILES string of the molecule is CCC(CC)N(Cc1cc(CNC2CC2)no1)CC(C)C. The number of nitrogens with zero attached hydrogens (tertiary/aromatic N) is 2. The summed E-state index contributed by atoms with van der Waals surface area (Å²) in [6.07, 6.45) is 4.99. The van der Waals surface area contributed by atoms with Gasteiger partial charge in [0.1, 0.15) is 0 Å². The van der Waals surface area contributed by atoms with E-state index in [0.29, 0.717) is 18.0 Å². The first-order valence-electron chi connectivity index (χ1n) is 8.54. The second-order valence-corrected chi connectivity index (χ2v) is 6.73. The molecule has 1 aromatic rings. The molecule has 0 amide bonds. The Hall–Kier alpha value is -0.870. The molecule has 0 aliphatic heterocycles. The molecule has 4 nitrogen and oxygen atoms in total. The second kappa shape index (κ2) is 7.95. The van der Waals surface area contributed by atoms with Gasteiger partial charge in [0.2, 0.25) is 0 Å². The van der Waals surface area contributed by atoms with Crippen molar-refractivity contribution in [3.63, 3.8) is 0 Å². The number of hydrogen-bond donors (Lipinski definition) is 1. The van der Waals surface area contributed by atoms with E-state index in [9.17, 15) is 0 Å². The highest BCUT2D eigenvalue weighted by molar-refractivity contribution is 5.06. The molecule has 1 aromatic heterocycles. The first-order valence-corrected chi connectivity index (χ1v) is 8.54. The Labute approximate surface area is 129 Å². The zero-order valence-corrected chi connectivity index (χ0v) is 14.1. The van der Waals surface area contributed by atoms with Gasteiger partial charge in [0.05, 0.1) is 12.2 Å². The zero-order valence-electron chi connectivity index (χ0n) is 14.1. The molecule has 0 saturated heterocycles. The minimum absolute atomic E-state index is 0.630. The van der Waals surface area contributed by atoms with E-state index in [1.807, 2.05) is 0 Å². The summed E-state index contributed by atoms with van der Waals surface area (Å²) in [7, 11) is 0. The summed E-state index contributed by atoms with van der Waals surface area (Å²) in [4.78, 5) is 2.54. The molecule has 1 aliphatic carbocycles. The lowest BCUT2D eigenvalue weighted by Gasteiger charge is -2.30. The summed E-state index contributed by atoms with van der Waals surface area (Å²) in [5, 5.41) is 7.68. The third kappa shape index (κ3) is 5.44. The van der Waals surface area contributed by atoms with Gasteiger partial charge in [0.25, 0.3) is 0 Å². The van der Waals surface area contributed by atoms with E-state index in [2.05, 4.69) is 49.1 Å². The van der Waals surface area contributed by atoms with Crippen LogP contribution in [0.15, 0.2) is 10.6 Å². The number of aromatic nitrogens is 1. The van der Waals surface area contributed by atoms with E-state index in [0.717, 1.165) is 31.1 Å². The van der Waals surface area contributed by atoms with Crippen LogP contribution in [-0.4, -0.2) is 28.7 Å². The smallest absolute Gasteiger partial charge is 0.151 e. The van der Waals surface area contributed by atoms with Crippen LogP contribution in [0.4, 0.5) is 0 Å². The van der Waals surface area contributed by atoms with E-state index in [4.69, 9.17) is 4.52 Å². The molecule has 0 radical (unpaired) electrons. The molecule has 0 atom stereocenters. The molecular formula is C17H31N3O. The van der Waals surface area contributed by atoms with Crippen LogP contribution in [0, 0.1) is 5.92 Å². The van der Waals surface area contributed by atoms with Gasteiger partial charge >= 0.3 is 0 Å². The van der Waals surface area contributed by atoms with Crippen LogP contribution in [0.3, 0.4) is 0 Å². The molecule has 1 aliphatic rings. The highest BCUT2D eigenvalue weighted by Crippen LogP contribution is 2.20. The minimum atomic E-state index is 0.630. The Morgan fingerprint density at radius 2 is 2.05 bits per heavy atom. The summed E-state index contributed by atoms with van der Waals surface area (Å²) in [5.74, 6) is 1.67. The molecule has 1 fully saturated rings. The van der Waals surface area contributed by atoms with Crippen molar-refractivity contribution in [1.82, 2.24) is 15.4 Å². The summed E-state index contributed by atoms with van der Waals surface area (Å²) >= 11 is 0. The predicted molar refractivity (Wildman–Crippen MR) is 86.0 cm³/mol. The molecule has 0 unspecified atom stereocenters. The number of nitrogens with one attached hydrogen (secondary N) is 1. The fourth-order valence-electron chi connectivity index (χ4n) is 2.87. The van der Waals surface area contributed by atoms with Gasteiger partial charge in [-0.1, -0.05) is 32.9 Å². The lowest BCUT2D eigenvalue weighted by molar-refractivity contribution is 0.141. The van der Waals surface area contributed by atoms with Crippen molar-refractivity contribution in [2.24, 2.45) is 5.92 Å². The van der Waals surface area contributed by atoms with E-state index in [-0.39, 0.29) is 0 Å². The molecule has 0 aromatic carbocycles. The maximum atomic E-state index is 5.54. The summed E-state index contributed by atoms with van der Waals surface area (Å²) in [6, 6.07) is 3.46. The summed E-state index contributed by atoms with van der Waals surface area (Å²) < 4.78 is 5.54. The summed E-state index contributed by atoms with van der Waals surface area (Å²) in [6.45, 7) is 11.9. The molecule has 0 spiro atoms. The molecule has 120 valence electrons. The largest absolute Gasteiger partial charge is 0.360 e. The van der Waals surface area contributed by atoms with Gasteiger partial charge in [-0.05, 0) is 31.6 Å². The summed E-state index contributed by atoms with van der Waals surface area (Å²) in [5.41, 5.74) is 1.03. The maximum absolute atomic E-state index is 5.54. The van der Waals surface area contributed by atoms with Crippen LogP contribution in [-0.2, 0) is 13.1 Å². The van der Waals surface area contributed by atoms with Gasteiger partial charge in [-0.25, -0.2) is 0 Å². The van der Waals surface area contributed by atoms with Gasteiger partial charge < -0.3 is 9.84 Å². The fourth-order valence-corrected chi connectivity index (χ4v) is 2.87. The van der Waals surface area contributed by atoms with Crippen LogP contribution >= 0.6 is 0 Å². The molecular weight excluding hydrogens is 262 g/mol. The molecule has 2 rings (SSSR count). The van der Waals surface area contributed by atoms with Gasteiger partial charge in [0, 0.05) is 31.2 Å². The van der Waals surface area contributed by atoms with E-state index in [1.165, 1.54) is 25.7 Å². The Morgan fingerprint density at radius 3 is 2.62 bits per heavy atom. The second-order valence-electron chi connectivity index (χ2n) is 6.73. The van der Waals surface area contributed by atoms with Crippen molar-refractivity contribution >= 4 is 0 Å². The molecule has 21 heavy (non-hydrogen) atoms. The lowest BCUT2D eigenvalue weighted by Crippen LogP contribution is -2.36. The van der Waals surface area contributed by atoms with E-state index >= 15 is 0 Å². The average molecular weight is 293 g/mol. The van der Waals surface area contributed by atoms with Crippen molar-refractivity contribution in [3.8, 4) is 0 Å². The predicted octanol–water partition coefficient (Wildman–Crippen LogP) is 3.57. The van der Waals surface area contributed by atoms with Crippen LogP contribution in [0.2, 0.25) is 0 Å². The monoisotopic (exact) mass is 293 g/mol. The van der Waals surface area contributed by atoms with Gasteiger partial charge in [-0.15, -0.1) is 0 Å². The van der Waals surface area contributed by atoms with Gasteiger partial charge in [0.15, 0.2) is 5.76 Å². The molecule has 1 saturated carbocycles. The standard InChI is InChI=1S/C17H31N3O/c1-5-16(6-2)20(11-13(3)4)12-17-9-15(19-21-17)10-18-14-7-8-14/h9,13-14,16,18H,5-8,10-12H2,1-4H3. The Balaban J connectivity index is 1.91. The first-order chi connectivity index (χ1) is 10.1. The fraction of sp³-hybridized carbons (Fsp3) is 0.824. The molecule has 4 heteroatoms. The maximum Gasteiger partial charge on any atom is 0.151 e. The van der Waals surface area contributed by atoms with E-state index < -0.39 is 0 Å². The highest BCUT2D eigenvalue weighted by Gasteiger charge is 2.21. The average Bonchev–Trinajstić information content (AvgIpc) is 3.17. The number of hydrogen-bond acceptors (Lipinski definition) is 4. The first kappa shape index (κ1) is 16.5. The third-order valence-electron chi connectivity index (χ3n) is 4.17. The molecule has 1 N–H and O–H groups in total. The molecule has 1 heterocycles. The quantitative estimate of drug-likeness (QED) is 0.716. The number of rotatable bonds is 10. The van der Waals surface area contributed by atoms with Gasteiger partial charge in [-0.3, -0.25) is 4.90 Å². The highest BCUT2D eigenvalue weighted by atomic mass is 16.5. The van der Waals surface area contributed by atoms with Crippen LogP contribution in [0.5, 0.6) is 0 Å². The van der Waals surface area contributed by atoms with Crippen molar-refractivity contribution in [2.75, 3.05) is 6.54 Å². The Morgan fingerprint density at radius 1 is 1.33 bits per heavy atom. The van der Waals surface area contributed by atoms with Crippen molar-refractivity contribution < 1.29 is 4.52 Å². The zero-order chi connectivity index (χ0) is 15.2. The van der Waals surface area contributed by atoms with Crippen LogP contribution in [0.1, 0.15) is 64.8 Å². The van der Waals surface area contributed by atoms with E-state index in [1.54, 1.807) is 0 Å². The normalized spacial score (nSPS) is 15.6. The van der Waals surface area contributed by atoms with Crippen LogP contribution in [0.25, 0.3) is 0 Å². The van der Waals surface area contributed by atoms with Crippen molar-refractivity contribution in [3.05, 3.63) is 17.5 Å². The Kier molecular flexibility index (Phi) is 6.24. The lowest BCUT2D eigenvalue weighted by atomic mass is 10.1. The Bertz CT molecular complexity index is 408. The third-order valence-corrected chi connectivity index (χ3v) is 4.17. The van der Waals surface area contributed by atoms with Gasteiger partial charge in [-0.2, -0.15) is 0 Å². The van der Waals surface area contributed by atoms with Crippen LogP contribution < -0.4 is 5.32 Å². The van der Waals surface area contributed by atoms with Crippen molar-refractivity contribution in [1.29, 1.82) is 0 Å². The van der Waals surface area contributed by atoms with Crippen molar-refractivity contribution in [2.45, 2.75) is 78.6 Å².